The molecule has 18 heavy (non-hydrogen) atoms. The molecule has 0 N–H and O–H groups in total. The minimum atomic E-state index is -4.33. The maximum Gasteiger partial charge on any atom is 0.416 e. The summed E-state index contributed by atoms with van der Waals surface area (Å²) in [4.78, 5) is 0. The summed E-state index contributed by atoms with van der Waals surface area (Å²) < 4.78 is 40.2. The van der Waals surface area contributed by atoms with Gasteiger partial charge in [0.25, 0.3) is 0 Å². The van der Waals surface area contributed by atoms with Crippen LogP contribution in [0.3, 0.4) is 0 Å². The summed E-state index contributed by atoms with van der Waals surface area (Å²) in [5, 5.41) is 4.10. The lowest BCUT2D eigenvalue weighted by atomic mass is 10.0. The third kappa shape index (κ3) is 2.72. The summed E-state index contributed by atoms with van der Waals surface area (Å²) in [6.07, 6.45) is -2.65. The van der Waals surface area contributed by atoms with Gasteiger partial charge in [-0.15, -0.1) is 0 Å². The van der Waals surface area contributed by atoms with Gasteiger partial charge >= 0.3 is 6.18 Å². The van der Waals surface area contributed by atoms with Crippen molar-refractivity contribution in [3.63, 3.8) is 0 Å². The number of rotatable bonds is 2. The third-order valence-corrected chi connectivity index (χ3v) is 2.68. The minimum absolute atomic E-state index is 0.128. The molecule has 5 heteroatoms. The predicted octanol–water partition coefficient (Wildman–Crippen LogP) is 3.57. The topological polar surface area (TPSA) is 17.8 Å². The first-order valence-electron chi connectivity index (χ1n) is 5.53. The summed E-state index contributed by atoms with van der Waals surface area (Å²) in [5.41, 5.74) is 1.03. The van der Waals surface area contributed by atoms with Crippen LogP contribution in [0.1, 0.15) is 22.4 Å². The number of aromatic nitrogens is 2. The molecule has 2 rings (SSSR count). The van der Waals surface area contributed by atoms with Gasteiger partial charge in [-0.1, -0.05) is 17.7 Å². The first-order chi connectivity index (χ1) is 8.36. The zero-order chi connectivity index (χ0) is 13.3. The molecule has 0 saturated carbocycles. The van der Waals surface area contributed by atoms with Gasteiger partial charge in [0.1, 0.15) is 0 Å². The fourth-order valence-corrected chi connectivity index (χ4v) is 1.82. The molecule has 0 fully saturated rings. The quantitative estimate of drug-likeness (QED) is 0.801. The molecule has 96 valence electrons. The molecule has 0 amide bonds. The molecule has 1 aromatic carbocycles. The standard InChI is InChI=1S/C13H13F3N2/c1-9-3-4-11(12(7-9)13(14,15)16)8-18-6-5-10(2)17-18/h3-7H,8H2,1-2H3. The molecule has 1 aromatic heterocycles. The summed E-state index contributed by atoms with van der Waals surface area (Å²) >= 11 is 0. The second-order valence-corrected chi connectivity index (χ2v) is 4.31. The van der Waals surface area contributed by atoms with Crippen molar-refractivity contribution in [2.75, 3.05) is 0 Å². The lowest BCUT2D eigenvalue weighted by molar-refractivity contribution is -0.138. The SMILES string of the molecule is Cc1ccc(Cn2ccc(C)n2)c(C(F)(F)F)c1. The Bertz CT molecular complexity index is 556. The van der Waals surface area contributed by atoms with Gasteiger partial charge in [0.2, 0.25) is 0 Å². The monoisotopic (exact) mass is 254 g/mol. The Morgan fingerprint density at radius 1 is 1.17 bits per heavy atom. The Morgan fingerprint density at radius 2 is 1.89 bits per heavy atom. The highest BCUT2D eigenvalue weighted by Crippen LogP contribution is 2.33. The van der Waals surface area contributed by atoms with Crippen LogP contribution in [0.15, 0.2) is 30.5 Å². The van der Waals surface area contributed by atoms with E-state index in [0.717, 1.165) is 5.69 Å². The van der Waals surface area contributed by atoms with E-state index in [2.05, 4.69) is 5.10 Å². The Morgan fingerprint density at radius 3 is 2.44 bits per heavy atom. The Hall–Kier alpha value is -1.78. The smallest absolute Gasteiger partial charge is 0.268 e. The zero-order valence-corrected chi connectivity index (χ0v) is 10.1. The number of hydrogen-bond donors (Lipinski definition) is 0. The molecule has 0 aliphatic rings. The van der Waals surface area contributed by atoms with E-state index in [1.807, 2.05) is 0 Å². The Kier molecular flexibility index (Phi) is 3.15. The Balaban J connectivity index is 2.38. The molecule has 0 bridgehead atoms. The number of aryl methyl sites for hydroxylation is 2. The van der Waals surface area contributed by atoms with Crippen LogP contribution in [0.5, 0.6) is 0 Å². The van der Waals surface area contributed by atoms with Gasteiger partial charge in [-0.2, -0.15) is 18.3 Å². The van der Waals surface area contributed by atoms with Crippen molar-refractivity contribution in [2.24, 2.45) is 0 Å². The van der Waals surface area contributed by atoms with Crippen LogP contribution in [0.25, 0.3) is 0 Å². The third-order valence-electron chi connectivity index (χ3n) is 2.68. The van der Waals surface area contributed by atoms with Gasteiger partial charge in [-0.25, -0.2) is 0 Å². The summed E-state index contributed by atoms with van der Waals surface area (Å²) in [6, 6.07) is 6.13. The molecule has 0 spiro atoms. The maximum atomic E-state index is 12.9. The fourth-order valence-electron chi connectivity index (χ4n) is 1.82. The molecule has 2 nitrogen and oxygen atoms in total. The lowest BCUT2D eigenvalue weighted by Gasteiger charge is -2.13. The van der Waals surface area contributed by atoms with E-state index in [-0.39, 0.29) is 12.1 Å². The van der Waals surface area contributed by atoms with Gasteiger partial charge < -0.3 is 0 Å². The van der Waals surface area contributed by atoms with Crippen LogP contribution >= 0.6 is 0 Å². The molecular weight excluding hydrogens is 241 g/mol. The number of alkyl halides is 3. The van der Waals surface area contributed by atoms with Gasteiger partial charge in [0.05, 0.1) is 17.8 Å². The van der Waals surface area contributed by atoms with E-state index in [0.29, 0.717) is 5.56 Å². The number of benzene rings is 1. The second kappa shape index (κ2) is 4.48. The van der Waals surface area contributed by atoms with Crippen LogP contribution in [0, 0.1) is 13.8 Å². The highest BCUT2D eigenvalue weighted by atomic mass is 19.4. The van der Waals surface area contributed by atoms with E-state index in [4.69, 9.17) is 0 Å². The number of hydrogen-bond acceptors (Lipinski definition) is 1. The second-order valence-electron chi connectivity index (χ2n) is 4.31. The van der Waals surface area contributed by atoms with Crippen molar-refractivity contribution in [1.82, 2.24) is 9.78 Å². The average Bonchev–Trinajstić information content (AvgIpc) is 2.65. The van der Waals surface area contributed by atoms with E-state index in [1.165, 1.54) is 16.8 Å². The van der Waals surface area contributed by atoms with Gasteiger partial charge in [0, 0.05) is 6.20 Å². The molecule has 1 heterocycles. The molecule has 0 saturated heterocycles. The van der Waals surface area contributed by atoms with Crippen molar-refractivity contribution in [3.8, 4) is 0 Å². The molecule has 0 unspecified atom stereocenters. The largest absolute Gasteiger partial charge is 0.416 e. The van der Waals surface area contributed by atoms with Crippen LogP contribution in [-0.4, -0.2) is 9.78 Å². The average molecular weight is 254 g/mol. The van der Waals surface area contributed by atoms with E-state index in [1.54, 1.807) is 32.2 Å². The van der Waals surface area contributed by atoms with Gasteiger partial charge in [0.15, 0.2) is 0 Å². The molecular formula is C13H13F3N2. The van der Waals surface area contributed by atoms with Crippen molar-refractivity contribution < 1.29 is 13.2 Å². The first kappa shape index (κ1) is 12.7. The normalized spacial score (nSPS) is 11.8. The fraction of sp³-hybridized carbons (Fsp3) is 0.308. The van der Waals surface area contributed by atoms with E-state index >= 15 is 0 Å². The van der Waals surface area contributed by atoms with Gasteiger partial charge in [-0.3, -0.25) is 4.68 Å². The predicted molar refractivity (Wildman–Crippen MR) is 62.2 cm³/mol. The van der Waals surface area contributed by atoms with Crippen molar-refractivity contribution in [2.45, 2.75) is 26.6 Å². The molecule has 2 aromatic rings. The van der Waals surface area contributed by atoms with Crippen LogP contribution in [0.4, 0.5) is 13.2 Å². The van der Waals surface area contributed by atoms with E-state index in [9.17, 15) is 13.2 Å². The highest BCUT2D eigenvalue weighted by Gasteiger charge is 2.33. The Labute approximate surface area is 103 Å². The molecule has 0 aliphatic heterocycles. The van der Waals surface area contributed by atoms with Crippen LogP contribution in [-0.2, 0) is 12.7 Å². The maximum absolute atomic E-state index is 12.9. The minimum Gasteiger partial charge on any atom is -0.268 e. The summed E-state index contributed by atoms with van der Waals surface area (Å²) in [6.45, 7) is 3.58. The summed E-state index contributed by atoms with van der Waals surface area (Å²) in [5.74, 6) is 0. The summed E-state index contributed by atoms with van der Waals surface area (Å²) in [7, 11) is 0. The molecule has 0 atom stereocenters. The van der Waals surface area contributed by atoms with Crippen molar-refractivity contribution >= 4 is 0 Å². The highest BCUT2D eigenvalue weighted by molar-refractivity contribution is 5.33. The van der Waals surface area contributed by atoms with Crippen molar-refractivity contribution in [3.05, 3.63) is 52.8 Å². The first-order valence-corrected chi connectivity index (χ1v) is 5.53. The van der Waals surface area contributed by atoms with Gasteiger partial charge in [-0.05, 0) is 31.5 Å². The van der Waals surface area contributed by atoms with Crippen LogP contribution in [0.2, 0.25) is 0 Å². The zero-order valence-electron chi connectivity index (χ0n) is 10.1. The molecule has 0 radical (unpaired) electrons. The lowest BCUT2D eigenvalue weighted by Crippen LogP contribution is -2.12. The molecule has 0 aliphatic carbocycles. The van der Waals surface area contributed by atoms with Crippen LogP contribution < -0.4 is 0 Å². The number of halogens is 3. The van der Waals surface area contributed by atoms with E-state index < -0.39 is 11.7 Å². The number of nitrogens with zero attached hydrogens (tertiary/aromatic N) is 2. The van der Waals surface area contributed by atoms with Crippen molar-refractivity contribution in [1.29, 1.82) is 0 Å².